The average molecular weight is 324 g/mol. The van der Waals surface area contributed by atoms with Crippen molar-refractivity contribution in [3.05, 3.63) is 48.0 Å². The maximum atomic E-state index is 10.8. The SMILES string of the molecule is Cc1nc2ccccc2nc1CN1CCC(O)(Cn2ccnn2)C1. The minimum absolute atomic E-state index is 0.464. The van der Waals surface area contributed by atoms with Gasteiger partial charge in [0.25, 0.3) is 0 Å². The average Bonchev–Trinajstić information content (AvgIpc) is 3.18. The molecule has 1 aliphatic rings. The molecule has 1 saturated heterocycles. The predicted molar refractivity (Wildman–Crippen MR) is 89.1 cm³/mol. The molecular weight excluding hydrogens is 304 g/mol. The number of aryl methyl sites for hydroxylation is 1. The molecule has 7 nitrogen and oxygen atoms in total. The standard InChI is InChI=1S/C17H20N6O/c1-13-16(20-15-5-3-2-4-14(15)19-13)10-22-8-6-17(24,11-22)12-23-9-7-18-21-23/h2-5,7,9,24H,6,8,10-12H2,1H3. The Kier molecular flexibility index (Phi) is 3.74. The Bertz CT molecular complexity index is 849. The van der Waals surface area contributed by atoms with E-state index >= 15 is 0 Å². The molecule has 1 fully saturated rings. The highest BCUT2D eigenvalue weighted by molar-refractivity contribution is 5.74. The lowest BCUT2D eigenvalue weighted by Gasteiger charge is -2.23. The third-order valence-corrected chi connectivity index (χ3v) is 4.56. The molecule has 3 heterocycles. The molecule has 0 bridgehead atoms. The van der Waals surface area contributed by atoms with Crippen molar-refractivity contribution in [3.8, 4) is 0 Å². The number of fused-ring (bicyclic) bond motifs is 1. The minimum Gasteiger partial charge on any atom is -0.387 e. The van der Waals surface area contributed by atoms with E-state index in [1.165, 1.54) is 0 Å². The summed E-state index contributed by atoms with van der Waals surface area (Å²) in [6.07, 6.45) is 4.12. The summed E-state index contributed by atoms with van der Waals surface area (Å²) < 4.78 is 1.69. The van der Waals surface area contributed by atoms with Gasteiger partial charge in [0.1, 0.15) is 0 Å². The second kappa shape index (κ2) is 5.92. The van der Waals surface area contributed by atoms with Crippen LogP contribution in [0.4, 0.5) is 0 Å². The number of para-hydroxylation sites is 2. The number of likely N-dealkylation sites (tertiary alicyclic amines) is 1. The molecule has 0 saturated carbocycles. The fourth-order valence-electron chi connectivity index (χ4n) is 3.31. The van der Waals surface area contributed by atoms with Gasteiger partial charge in [0.2, 0.25) is 0 Å². The number of hydrogen-bond acceptors (Lipinski definition) is 6. The van der Waals surface area contributed by atoms with Crippen LogP contribution in [0.15, 0.2) is 36.7 Å². The van der Waals surface area contributed by atoms with Crippen molar-refractivity contribution in [1.82, 2.24) is 29.9 Å². The molecule has 0 aliphatic carbocycles. The molecule has 0 amide bonds. The highest BCUT2D eigenvalue weighted by Gasteiger charge is 2.37. The summed E-state index contributed by atoms with van der Waals surface area (Å²) in [4.78, 5) is 11.6. The van der Waals surface area contributed by atoms with Crippen LogP contribution in [0.2, 0.25) is 0 Å². The van der Waals surface area contributed by atoms with Crippen LogP contribution in [-0.4, -0.2) is 53.7 Å². The van der Waals surface area contributed by atoms with Crippen LogP contribution >= 0.6 is 0 Å². The minimum atomic E-state index is -0.772. The monoisotopic (exact) mass is 324 g/mol. The zero-order valence-electron chi connectivity index (χ0n) is 13.6. The molecule has 1 aliphatic heterocycles. The second-order valence-corrected chi connectivity index (χ2v) is 6.53. The summed E-state index contributed by atoms with van der Waals surface area (Å²) in [7, 11) is 0. The molecule has 124 valence electrons. The van der Waals surface area contributed by atoms with E-state index in [-0.39, 0.29) is 0 Å². The van der Waals surface area contributed by atoms with Gasteiger partial charge in [0, 0.05) is 25.8 Å². The third-order valence-electron chi connectivity index (χ3n) is 4.56. The predicted octanol–water partition coefficient (Wildman–Crippen LogP) is 1.17. The van der Waals surface area contributed by atoms with Crippen molar-refractivity contribution < 1.29 is 5.11 Å². The molecule has 1 unspecified atom stereocenters. The zero-order valence-corrected chi connectivity index (χ0v) is 13.6. The Balaban J connectivity index is 1.49. The first kappa shape index (κ1) is 15.2. The van der Waals surface area contributed by atoms with E-state index in [9.17, 15) is 5.11 Å². The van der Waals surface area contributed by atoms with Gasteiger partial charge in [-0.25, -0.2) is 14.6 Å². The van der Waals surface area contributed by atoms with Crippen molar-refractivity contribution in [1.29, 1.82) is 0 Å². The fourth-order valence-corrected chi connectivity index (χ4v) is 3.31. The Labute approximate surface area is 140 Å². The lowest BCUT2D eigenvalue weighted by Crippen LogP contribution is -2.37. The lowest BCUT2D eigenvalue weighted by atomic mass is 10.0. The molecule has 1 N–H and O–H groups in total. The van der Waals surface area contributed by atoms with Gasteiger partial charge in [0.05, 0.1) is 40.8 Å². The molecule has 24 heavy (non-hydrogen) atoms. The molecule has 3 aromatic rings. The normalized spacial score (nSPS) is 21.6. The maximum absolute atomic E-state index is 10.8. The van der Waals surface area contributed by atoms with Gasteiger partial charge in [-0.1, -0.05) is 17.3 Å². The number of aromatic nitrogens is 5. The first-order valence-corrected chi connectivity index (χ1v) is 8.12. The van der Waals surface area contributed by atoms with E-state index in [0.717, 1.165) is 29.0 Å². The lowest BCUT2D eigenvalue weighted by molar-refractivity contribution is 0.0273. The molecule has 4 rings (SSSR count). The number of nitrogens with zero attached hydrogens (tertiary/aromatic N) is 6. The van der Waals surface area contributed by atoms with Gasteiger partial charge in [0.15, 0.2) is 0 Å². The first-order valence-electron chi connectivity index (χ1n) is 8.12. The van der Waals surface area contributed by atoms with E-state index < -0.39 is 5.60 Å². The number of rotatable bonds is 4. The topological polar surface area (TPSA) is 80.0 Å². The Hall–Kier alpha value is -2.38. The molecule has 1 atom stereocenters. The Morgan fingerprint density at radius 3 is 2.75 bits per heavy atom. The molecule has 7 heteroatoms. The number of hydrogen-bond donors (Lipinski definition) is 1. The summed E-state index contributed by atoms with van der Waals surface area (Å²) in [6.45, 7) is 4.58. The van der Waals surface area contributed by atoms with Crippen molar-refractivity contribution >= 4 is 11.0 Å². The van der Waals surface area contributed by atoms with Crippen molar-refractivity contribution in [2.45, 2.75) is 32.0 Å². The van der Waals surface area contributed by atoms with Crippen LogP contribution in [0, 0.1) is 6.92 Å². The van der Waals surface area contributed by atoms with E-state index in [1.54, 1.807) is 17.1 Å². The van der Waals surface area contributed by atoms with Crippen LogP contribution in [-0.2, 0) is 13.1 Å². The summed E-state index contributed by atoms with van der Waals surface area (Å²) in [5.74, 6) is 0. The van der Waals surface area contributed by atoms with Gasteiger partial charge in [-0.2, -0.15) is 0 Å². The van der Waals surface area contributed by atoms with Gasteiger partial charge < -0.3 is 5.11 Å². The van der Waals surface area contributed by atoms with Gasteiger partial charge in [-0.05, 0) is 25.5 Å². The van der Waals surface area contributed by atoms with Gasteiger partial charge in [-0.15, -0.1) is 5.10 Å². The van der Waals surface area contributed by atoms with E-state index in [0.29, 0.717) is 26.1 Å². The molecular formula is C17H20N6O. The molecule has 2 aromatic heterocycles. The van der Waals surface area contributed by atoms with E-state index in [1.807, 2.05) is 31.2 Å². The third kappa shape index (κ3) is 3.00. The van der Waals surface area contributed by atoms with Crippen LogP contribution in [0.3, 0.4) is 0 Å². The largest absolute Gasteiger partial charge is 0.387 e. The van der Waals surface area contributed by atoms with Crippen LogP contribution < -0.4 is 0 Å². The van der Waals surface area contributed by atoms with Crippen LogP contribution in [0.25, 0.3) is 11.0 Å². The maximum Gasteiger partial charge on any atom is 0.0981 e. The first-order chi connectivity index (χ1) is 11.6. The Morgan fingerprint density at radius 2 is 2.00 bits per heavy atom. The highest BCUT2D eigenvalue weighted by Crippen LogP contribution is 2.25. The Morgan fingerprint density at radius 1 is 1.21 bits per heavy atom. The van der Waals surface area contributed by atoms with Crippen molar-refractivity contribution in [2.24, 2.45) is 0 Å². The van der Waals surface area contributed by atoms with Crippen molar-refractivity contribution in [2.75, 3.05) is 13.1 Å². The number of aliphatic hydroxyl groups is 1. The summed E-state index contributed by atoms with van der Waals surface area (Å²) in [5, 5.41) is 18.5. The fraction of sp³-hybridized carbons (Fsp3) is 0.412. The zero-order chi connectivity index (χ0) is 16.6. The smallest absolute Gasteiger partial charge is 0.0981 e. The van der Waals surface area contributed by atoms with E-state index in [4.69, 9.17) is 4.98 Å². The number of benzene rings is 1. The van der Waals surface area contributed by atoms with Gasteiger partial charge in [-0.3, -0.25) is 4.90 Å². The van der Waals surface area contributed by atoms with Crippen molar-refractivity contribution in [3.63, 3.8) is 0 Å². The van der Waals surface area contributed by atoms with E-state index in [2.05, 4.69) is 20.2 Å². The molecule has 0 radical (unpaired) electrons. The second-order valence-electron chi connectivity index (χ2n) is 6.53. The van der Waals surface area contributed by atoms with Gasteiger partial charge >= 0.3 is 0 Å². The number of β-amino-alcohol motifs (C(OH)–C–C–N with tert-alkyl or cyclic N) is 1. The molecule has 0 spiro atoms. The summed E-state index contributed by atoms with van der Waals surface area (Å²) in [5.41, 5.74) is 2.98. The highest BCUT2D eigenvalue weighted by atomic mass is 16.3. The molecule has 1 aromatic carbocycles. The van der Waals surface area contributed by atoms with Crippen LogP contribution in [0.1, 0.15) is 17.8 Å². The summed E-state index contributed by atoms with van der Waals surface area (Å²) >= 11 is 0. The summed E-state index contributed by atoms with van der Waals surface area (Å²) in [6, 6.07) is 7.91. The quantitative estimate of drug-likeness (QED) is 0.776. The van der Waals surface area contributed by atoms with Crippen LogP contribution in [0.5, 0.6) is 0 Å².